The Kier molecular flexibility index (Phi) is 4.95. The molecule has 2 N–H and O–H groups in total. The molecule has 0 unspecified atom stereocenters. The van der Waals surface area contributed by atoms with E-state index < -0.39 is 24.6 Å². The number of ether oxygens (including phenoxy) is 1. The third-order valence-corrected chi connectivity index (χ3v) is 2.14. The van der Waals surface area contributed by atoms with Crippen molar-refractivity contribution in [2.24, 2.45) is 0 Å². The predicted octanol–water partition coefficient (Wildman–Crippen LogP) is 1.39. The van der Waals surface area contributed by atoms with Crippen LogP contribution in [-0.2, 0) is 9.59 Å². The Morgan fingerprint density at radius 1 is 1.10 bits per heavy atom. The number of alkyl halides is 3. The maximum Gasteiger partial charge on any atom is 0.472 e. The highest BCUT2D eigenvalue weighted by Crippen LogP contribution is 2.16. The summed E-state index contributed by atoms with van der Waals surface area (Å²) in [5, 5.41) is 0. The van der Waals surface area contributed by atoms with Gasteiger partial charge in [-0.2, -0.15) is 13.2 Å². The molecular weight excluding hydrogens is 277 g/mol. The molecular formula is C12H13F3N2O3. The van der Waals surface area contributed by atoms with Crippen LogP contribution < -0.4 is 15.6 Å². The standard InChI is InChI=1S/C12H13F3N2O3/c1-7-3-8(2)5-9(4-7)20-6-10(18)16-17-11(19)12(13,14)15/h3-5H,6H2,1-2H3,(H,16,18)(H,17,19). The maximum absolute atomic E-state index is 11.8. The van der Waals surface area contributed by atoms with Crippen LogP contribution in [0, 0.1) is 13.8 Å². The lowest BCUT2D eigenvalue weighted by Gasteiger charge is -2.10. The van der Waals surface area contributed by atoms with Crippen molar-refractivity contribution in [1.82, 2.24) is 10.9 Å². The van der Waals surface area contributed by atoms with Crippen LogP contribution in [0.4, 0.5) is 13.2 Å². The molecule has 0 fully saturated rings. The number of carbonyl (C=O) groups is 2. The Labute approximate surface area is 113 Å². The second kappa shape index (κ2) is 6.27. The average molecular weight is 290 g/mol. The Balaban J connectivity index is 2.42. The van der Waals surface area contributed by atoms with E-state index in [2.05, 4.69) is 0 Å². The van der Waals surface area contributed by atoms with Gasteiger partial charge < -0.3 is 4.74 Å². The average Bonchev–Trinajstić information content (AvgIpc) is 2.31. The molecule has 5 nitrogen and oxygen atoms in total. The summed E-state index contributed by atoms with van der Waals surface area (Å²) in [6.07, 6.45) is -5.05. The minimum absolute atomic E-state index is 0.416. The molecule has 0 aliphatic carbocycles. The molecule has 0 heterocycles. The molecule has 20 heavy (non-hydrogen) atoms. The van der Waals surface area contributed by atoms with Crippen LogP contribution in [-0.4, -0.2) is 24.6 Å². The Morgan fingerprint density at radius 2 is 1.65 bits per heavy atom. The highest BCUT2D eigenvalue weighted by Gasteiger charge is 2.38. The van der Waals surface area contributed by atoms with Gasteiger partial charge in [-0.3, -0.25) is 20.4 Å². The van der Waals surface area contributed by atoms with Gasteiger partial charge in [-0.15, -0.1) is 0 Å². The van der Waals surface area contributed by atoms with Crippen molar-refractivity contribution in [2.75, 3.05) is 6.61 Å². The fourth-order valence-corrected chi connectivity index (χ4v) is 1.40. The van der Waals surface area contributed by atoms with Crippen LogP contribution in [0.25, 0.3) is 0 Å². The summed E-state index contributed by atoms with van der Waals surface area (Å²) in [6, 6.07) is 5.25. The van der Waals surface area contributed by atoms with E-state index in [0.717, 1.165) is 11.1 Å². The van der Waals surface area contributed by atoms with E-state index in [-0.39, 0.29) is 0 Å². The number of amides is 2. The molecule has 110 valence electrons. The first-order valence-corrected chi connectivity index (χ1v) is 5.55. The van der Waals surface area contributed by atoms with Gasteiger partial charge in [0.1, 0.15) is 5.75 Å². The summed E-state index contributed by atoms with van der Waals surface area (Å²) in [6.45, 7) is 3.16. The first kappa shape index (κ1) is 15.8. The van der Waals surface area contributed by atoms with E-state index in [1.807, 2.05) is 19.9 Å². The maximum atomic E-state index is 11.8. The summed E-state index contributed by atoms with van der Waals surface area (Å²) in [5.74, 6) is -2.74. The Morgan fingerprint density at radius 3 is 2.15 bits per heavy atom. The van der Waals surface area contributed by atoms with Crippen molar-refractivity contribution in [1.29, 1.82) is 0 Å². The number of carbonyl (C=O) groups excluding carboxylic acids is 2. The molecule has 0 aliphatic heterocycles. The van der Waals surface area contributed by atoms with Gasteiger partial charge in [-0.1, -0.05) is 6.07 Å². The van der Waals surface area contributed by atoms with Gasteiger partial charge in [-0.05, 0) is 37.1 Å². The quantitative estimate of drug-likeness (QED) is 0.827. The van der Waals surface area contributed by atoms with Gasteiger partial charge >= 0.3 is 12.1 Å². The largest absolute Gasteiger partial charge is 0.484 e. The van der Waals surface area contributed by atoms with Gasteiger partial charge in [0.05, 0.1) is 0 Å². The first-order chi connectivity index (χ1) is 9.18. The molecule has 0 saturated heterocycles. The van der Waals surface area contributed by atoms with Gasteiger partial charge in [0, 0.05) is 0 Å². The number of benzene rings is 1. The third kappa shape index (κ3) is 5.17. The van der Waals surface area contributed by atoms with Gasteiger partial charge in [0.25, 0.3) is 5.91 Å². The molecule has 0 bridgehead atoms. The number of halogens is 3. The zero-order valence-electron chi connectivity index (χ0n) is 10.8. The summed E-state index contributed by atoms with van der Waals surface area (Å²) in [7, 11) is 0. The van der Waals surface area contributed by atoms with Gasteiger partial charge in [-0.25, -0.2) is 0 Å². The first-order valence-electron chi connectivity index (χ1n) is 5.55. The van der Waals surface area contributed by atoms with Crippen LogP contribution in [0.3, 0.4) is 0 Å². The SMILES string of the molecule is Cc1cc(C)cc(OCC(=O)NNC(=O)C(F)(F)F)c1. The highest BCUT2D eigenvalue weighted by atomic mass is 19.4. The molecule has 0 aromatic heterocycles. The fourth-order valence-electron chi connectivity index (χ4n) is 1.40. The van der Waals surface area contributed by atoms with Crippen molar-refractivity contribution in [3.63, 3.8) is 0 Å². The van der Waals surface area contributed by atoms with E-state index in [0.29, 0.717) is 5.75 Å². The summed E-state index contributed by atoms with van der Waals surface area (Å²) < 4.78 is 40.6. The van der Waals surface area contributed by atoms with Crippen LogP contribution >= 0.6 is 0 Å². The van der Waals surface area contributed by atoms with E-state index in [9.17, 15) is 22.8 Å². The van der Waals surface area contributed by atoms with Crippen molar-refractivity contribution in [3.8, 4) is 5.75 Å². The number of hydrazine groups is 1. The molecule has 0 saturated carbocycles. The van der Waals surface area contributed by atoms with E-state index in [1.165, 1.54) is 5.43 Å². The van der Waals surface area contributed by atoms with Crippen molar-refractivity contribution >= 4 is 11.8 Å². The molecule has 1 aromatic carbocycles. The van der Waals surface area contributed by atoms with Gasteiger partial charge in [0.2, 0.25) is 0 Å². The smallest absolute Gasteiger partial charge is 0.472 e. The number of rotatable bonds is 3. The third-order valence-electron chi connectivity index (χ3n) is 2.14. The van der Waals surface area contributed by atoms with E-state index in [1.54, 1.807) is 17.6 Å². The highest BCUT2D eigenvalue weighted by molar-refractivity contribution is 5.85. The topological polar surface area (TPSA) is 67.4 Å². The zero-order chi connectivity index (χ0) is 15.3. The van der Waals surface area contributed by atoms with Crippen LogP contribution in [0.5, 0.6) is 5.75 Å². The predicted molar refractivity (Wildman–Crippen MR) is 63.8 cm³/mol. The summed E-state index contributed by atoms with van der Waals surface area (Å²) in [4.78, 5) is 21.6. The van der Waals surface area contributed by atoms with Crippen LogP contribution in [0.1, 0.15) is 11.1 Å². The van der Waals surface area contributed by atoms with E-state index >= 15 is 0 Å². The molecule has 1 aromatic rings. The molecule has 0 aliphatic rings. The molecule has 0 atom stereocenters. The second-order valence-corrected chi connectivity index (χ2v) is 4.11. The number of hydrogen-bond acceptors (Lipinski definition) is 3. The lowest BCUT2D eigenvalue weighted by molar-refractivity contribution is -0.175. The minimum Gasteiger partial charge on any atom is -0.484 e. The zero-order valence-corrected chi connectivity index (χ0v) is 10.8. The molecule has 2 amide bonds. The fraction of sp³-hybridized carbons (Fsp3) is 0.333. The van der Waals surface area contributed by atoms with E-state index in [4.69, 9.17) is 4.74 Å². The lowest BCUT2D eigenvalue weighted by Crippen LogP contribution is -2.49. The second-order valence-electron chi connectivity index (χ2n) is 4.11. The van der Waals surface area contributed by atoms with Gasteiger partial charge in [0.15, 0.2) is 6.61 Å². The summed E-state index contributed by atoms with van der Waals surface area (Å²) in [5.41, 5.74) is 4.69. The number of nitrogens with one attached hydrogen (secondary N) is 2. The molecule has 0 spiro atoms. The van der Waals surface area contributed by atoms with Crippen LogP contribution in [0.15, 0.2) is 18.2 Å². The number of hydrogen-bond donors (Lipinski definition) is 2. The Hall–Kier alpha value is -2.25. The molecule has 0 radical (unpaired) electrons. The number of aryl methyl sites for hydroxylation is 2. The molecule has 8 heteroatoms. The van der Waals surface area contributed by atoms with Crippen LogP contribution in [0.2, 0.25) is 0 Å². The van der Waals surface area contributed by atoms with Crippen molar-refractivity contribution in [2.45, 2.75) is 20.0 Å². The Bertz CT molecular complexity index is 495. The minimum atomic E-state index is -5.05. The normalized spacial score (nSPS) is 10.8. The van der Waals surface area contributed by atoms with Crippen molar-refractivity contribution < 1.29 is 27.5 Å². The summed E-state index contributed by atoms with van der Waals surface area (Å²) >= 11 is 0. The van der Waals surface area contributed by atoms with Crippen molar-refractivity contribution in [3.05, 3.63) is 29.3 Å². The lowest BCUT2D eigenvalue weighted by atomic mass is 10.1. The molecule has 1 rings (SSSR count). The monoisotopic (exact) mass is 290 g/mol.